The summed E-state index contributed by atoms with van der Waals surface area (Å²) in [6, 6.07) is 0. The Hall–Kier alpha value is -1.95. The zero-order valence-electron chi connectivity index (χ0n) is 12.3. The molecule has 1 saturated carbocycles. The van der Waals surface area contributed by atoms with Crippen LogP contribution in [0.1, 0.15) is 55.1 Å². The van der Waals surface area contributed by atoms with Gasteiger partial charge in [0.25, 0.3) is 5.91 Å². The van der Waals surface area contributed by atoms with E-state index in [2.05, 4.69) is 20.3 Å². The Bertz CT molecular complexity index is 673. The van der Waals surface area contributed by atoms with E-state index in [4.69, 9.17) is 5.11 Å². The molecule has 0 aromatic carbocycles. The molecule has 1 fully saturated rings. The molecule has 0 unspecified atom stereocenters. The van der Waals surface area contributed by atoms with Gasteiger partial charge >= 0.3 is 0 Å². The van der Waals surface area contributed by atoms with E-state index in [1.165, 1.54) is 0 Å². The average Bonchev–Trinajstić information content (AvgIpc) is 3.17. The van der Waals surface area contributed by atoms with Crippen LogP contribution in [0.4, 0.5) is 0 Å². The Labute approximate surface area is 123 Å². The van der Waals surface area contributed by atoms with Crippen LogP contribution in [0.2, 0.25) is 0 Å². The van der Waals surface area contributed by atoms with Crippen LogP contribution in [-0.2, 0) is 0 Å². The lowest BCUT2D eigenvalue weighted by Gasteiger charge is -2.25. The number of hydrogen-bond acceptors (Lipinski definition) is 4. The van der Waals surface area contributed by atoms with Crippen LogP contribution in [0.25, 0.3) is 11.2 Å². The SMILES string of the molecule is CC(C)(CCO)NC(=O)c1c[nH]c2ncc(C3CC3)nc12. The van der Waals surface area contributed by atoms with Crippen LogP contribution in [0, 0.1) is 0 Å². The molecular weight excluding hydrogens is 268 g/mol. The molecule has 6 heteroatoms. The Morgan fingerprint density at radius 3 is 2.95 bits per heavy atom. The van der Waals surface area contributed by atoms with Gasteiger partial charge in [-0.1, -0.05) is 0 Å². The lowest BCUT2D eigenvalue weighted by molar-refractivity contribution is 0.0901. The van der Waals surface area contributed by atoms with Crippen molar-refractivity contribution in [1.29, 1.82) is 0 Å². The molecule has 0 atom stereocenters. The summed E-state index contributed by atoms with van der Waals surface area (Å²) in [5.41, 5.74) is 2.26. The molecule has 1 aliphatic rings. The van der Waals surface area contributed by atoms with Crippen molar-refractivity contribution in [3.63, 3.8) is 0 Å². The van der Waals surface area contributed by atoms with Crippen molar-refractivity contribution in [2.75, 3.05) is 6.61 Å². The van der Waals surface area contributed by atoms with E-state index in [-0.39, 0.29) is 12.5 Å². The third-order valence-electron chi connectivity index (χ3n) is 3.83. The average molecular weight is 288 g/mol. The molecule has 1 aliphatic carbocycles. The zero-order valence-corrected chi connectivity index (χ0v) is 12.3. The van der Waals surface area contributed by atoms with E-state index >= 15 is 0 Å². The number of rotatable bonds is 5. The number of aliphatic hydroxyl groups excluding tert-OH is 1. The molecule has 3 rings (SSSR count). The standard InChI is InChI=1S/C15H20N4O2/c1-15(2,5-6-20)19-14(21)10-7-16-13-12(10)18-11(8-17-13)9-3-4-9/h7-9,20H,3-6H2,1-2H3,(H,16,17)(H,19,21). The summed E-state index contributed by atoms with van der Waals surface area (Å²) in [5.74, 6) is 0.306. The van der Waals surface area contributed by atoms with Gasteiger partial charge in [0.2, 0.25) is 0 Å². The van der Waals surface area contributed by atoms with Gasteiger partial charge in [0, 0.05) is 24.3 Å². The first kappa shape index (κ1) is 14.0. The number of fused-ring (bicyclic) bond motifs is 1. The van der Waals surface area contributed by atoms with Crippen molar-refractivity contribution in [2.45, 2.75) is 44.6 Å². The quantitative estimate of drug-likeness (QED) is 0.781. The molecular formula is C15H20N4O2. The Morgan fingerprint density at radius 1 is 1.52 bits per heavy atom. The first-order valence-corrected chi connectivity index (χ1v) is 7.27. The van der Waals surface area contributed by atoms with Gasteiger partial charge in [-0.25, -0.2) is 9.97 Å². The van der Waals surface area contributed by atoms with Crippen molar-refractivity contribution in [1.82, 2.24) is 20.3 Å². The topological polar surface area (TPSA) is 90.9 Å². The first-order chi connectivity index (χ1) is 10.00. The van der Waals surface area contributed by atoms with Crippen molar-refractivity contribution < 1.29 is 9.90 Å². The molecule has 2 aromatic rings. The van der Waals surface area contributed by atoms with E-state index < -0.39 is 5.54 Å². The van der Waals surface area contributed by atoms with Gasteiger partial charge in [-0.15, -0.1) is 0 Å². The monoisotopic (exact) mass is 288 g/mol. The molecule has 0 aliphatic heterocycles. The summed E-state index contributed by atoms with van der Waals surface area (Å²) in [6.45, 7) is 3.81. The predicted molar refractivity (Wildman–Crippen MR) is 79.1 cm³/mol. The second-order valence-corrected chi connectivity index (χ2v) is 6.28. The van der Waals surface area contributed by atoms with Gasteiger partial charge in [0.1, 0.15) is 5.52 Å². The van der Waals surface area contributed by atoms with E-state index in [9.17, 15) is 4.79 Å². The second kappa shape index (κ2) is 5.11. The summed E-state index contributed by atoms with van der Waals surface area (Å²) in [6.07, 6.45) is 6.23. The van der Waals surface area contributed by atoms with Gasteiger partial charge < -0.3 is 15.4 Å². The number of H-pyrrole nitrogens is 1. The third-order valence-corrected chi connectivity index (χ3v) is 3.83. The molecule has 3 N–H and O–H groups in total. The van der Waals surface area contributed by atoms with E-state index in [1.807, 2.05) is 13.8 Å². The summed E-state index contributed by atoms with van der Waals surface area (Å²) >= 11 is 0. The summed E-state index contributed by atoms with van der Waals surface area (Å²) in [5, 5.41) is 12.0. The largest absolute Gasteiger partial charge is 0.396 e. The van der Waals surface area contributed by atoms with Crippen LogP contribution < -0.4 is 5.32 Å². The van der Waals surface area contributed by atoms with E-state index in [1.54, 1.807) is 12.4 Å². The third kappa shape index (κ3) is 2.90. The van der Waals surface area contributed by atoms with Gasteiger partial charge in [0.05, 0.1) is 17.5 Å². The molecule has 0 radical (unpaired) electrons. The number of aromatic nitrogens is 3. The van der Waals surface area contributed by atoms with Crippen molar-refractivity contribution in [3.8, 4) is 0 Å². The highest BCUT2D eigenvalue weighted by atomic mass is 16.3. The first-order valence-electron chi connectivity index (χ1n) is 7.27. The van der Waals surface area contributed by atoms with Crippen LogP contribution in [0.15, 0.2) is 12.4 Å². The molecule has 1 amide bonds. The Morgan fingerprint density at radius 2 is 2.29 bits per heavy atom. The van der Waals surface area contributed by atoms with Crippen LogP contribution in [0.5, 0.6) is 0 Å². The van der Waals surface area contributed by atoms with Crippen molar-refractivity contribution >= 4 is 17.1 Å². The van der Waals surface area contributed by atoms with Gasteiger partial charge in [-0.2, -0.15) is 0 Å². The number of amides is 1. The molecule has 0 saturated heterocycles. The van der Waals surface area contributed by atoms with Crippen LogP contribution in [0.3, 0.4) is 0 Å². The van der Waals surface area contributed by atoms with Gasteiger partial charge in [-0.05, 0) is 33.1 Å². The van der Waals surface area contributed by atoms with E-state index in [0.29, 0.717) is 29.1 Å². The fourth-order valence-corrected chi connectivity index (χ4v) is 2.37. The molecule has 6 nitrogen and oxygen atoms in total. The predicted octanol–water partition coefficient (Wildman–Crippen LogP) is 1.73. The lowest BCUT2D eigenvalue weighted by Crippen LogP contribution is -2.44. The molecule has 0 bridgehead atoms. The molecule has 2 heterocycles. The highest BCUT2D eigenvalue weighted by Gasteiger charge is 2.27. The van der Waals surface area contributed by atoms with Crippen molar-refractivity contribution in [2.24, 2.45) is 0 Å². The fraction of sp³-hybridized carbons (Fsp3) is 0.533. The lowest BCUT2D eigenvalue weighted by atomic mass is 10.0. The molecule has 21 heavy (non-hydrogen) atoms. The van der Waals surface area contributed by atoms with Crippen molar-refractivity contribution in [3.05, 3.63) is 23.7 Å². The fourth-order valence-electron chi connectivity index (χ4n) is 2.37. The zero-order chi connectivity index (χ0) is 15.0. The number of aromatic amines is 1. The minimum Gasteiger partial charge on any atom is -0.396 e. The maximum absolute atomic E-state index is 12.4. The van der Waals surface area contributed by atoms with Gasteiger partial charge in [-0.3, -0.25) is 4.79 Å². The summed E-state index contributed by atoms with van der Waals surface area (Å²) in [4.78, 5) is 24.3. The van der Waals surface area contributed by atoms with E-state index in [0.717, 1.165) is 18.5 Å². The van der Waals surface area contributed by atoms with Crippen LogP contribution >= 0.6 is 0 Å². The number of carbonyl (C=O) groups excluding carboxylic acids is 1. The highest BCUT2D eigenvalue weighted by molar-refractivity contribution is 6.04. The molecule has 2 aromatic heterocycles. The van der Waals surface area contributed by atoms with Crippen LogP contribution in [-0.4, -0.2) is 38.1 Å². The van der Waals surface area contributed by atoms with Gasteiger partial charge in [0.15, 0.2) is 5.65 Å². The number of carbonyl (C=O) groups is 1. The Balaban J connectivity index is 1.88. The maximum Gasteiger partial charge on any atom is 0.255 e. The second-order valence-electron chi connectivity index (χ2n) is 6.28. The normalized spacial score (nSPS) is 15.4. The summed E-state index contributed by atoms with van der Waals surface area (Å²) in [7, 11) is 0. The number of hydrogen-bond donors (Lipinski definition) is 3. The number of nitrogens with zero attached hydrogens (tertiary/aromatic N) is 2. The minimum absolute atomic E-state index is 0.0345. The minimum atomic E-state index is -0.461. The number of aliphatic hydroxyl groups is 1. The highest BCUT2D eigenvalue weighted by Crippen LogP contribution is 2.39. The smallest absolute Gasteiger partial charge is 0.255 e. The summed E-state index contributed by atoms with van der Waals surface area (Å²) < 4.78 is 0. The maximum atomic E-state index is 12.4. The molecule has 0 spiro atoms. The number of nitrogens with one attached hydrogen (secondary N) is 2. The molecule has 112 valence electrons. The Kier molecular flexibility index (Phi) is 3.41.